The highest BCUT2D eigenvalue weighted by molar-refractivity contribution is 6.34. The van der Waals surface area contributed by atoms with Gasteiger partial charge in [0.2, 0.25) is 11.8 Å². The Labute approximate surface area is 130 Å². The van der Waals surface area contributed by atoms with Gasteiger partial charge in [-0.3, -0.25) is 14.5 Å². The molecule has 106 valence electrons. The molecule has 1 aromatic carbocycles. The van der Waals surface area contributed by atoms with Crippen LogP contribution in [0.2, 0.25) is 10.2 Å². The summed E-state index contributed by atoms with van der Waals surface area (Å²) in [5.41, 5.74) is 0.867. The molecule has 21 heavy (non-hydrogen) atoms. The molecule has 0 bridgehead atoms. The fraction of sp³-hybridized carbons (Fsp3) is 0.0714. The lowest BCUT2D eigenvalue weighted by Gasteiger charge is -2.22. The minimum Gasteiger partial charge on any atom is -0.322 e. The van der Waals surface area contributed by atoms with E-state index >= 15 is 0 Å². The van der Waals surface area contributed by atoms with E-state index in [0.717, 1.165) is 0 Å². The van der Waals surface area contributed by atoms with Gasteiger partial charge in [-0.2, -0.15) is 0 Å². The number of aromatic nitrogens is 1. The number of para-hydroxylation sites is 1. The van der Waals surface area contributed by atoms with Gasteiger partial charge in [0.25, 0.3) is 0 Å². The summed E-state index contributed by atoms with van der Waals surface area (Å²) >= 11 is 12.1. The quantitative estimate of drug-likeness (QED) is 0.646. The second kappa shape index (κ2) is 5.35. The number of carbonyl (C=O) groups is 2. The van der Waals surface area contributed by atoms with Crippen LogP contribution in [-0.4, -0.2) is 16.8 Å². The lowest BCUT2D eigenvalue weighted by atomic mass is 10.2. The smallest absolute Gasteiger partial charge is 0.242 e. The van der Waals surface area contributed by atoms with E-state index in [4.69, 9.17) is 23.2 Å². The lowest BCUT2D eigenvalue weighted by Crippen LogP contribution is -2.27. The van der Waals surface area contributed by atoms with E-state index in [-0.39, 0.29) is 17.4 Å². The summed E-state index contributed by atoms with van der Waals surface area (Å²) in [6, 6.07) is 9.99. The molecule has 0 aliphatic carbocycles. The number of carbonyl (C=O) groups excluding carboxylic acids is 2. The van der Waals surface area contributed by atoms with Gasteiger partial charge in [-0.15, -0.1) is 0 Å². The van der Waals surface area contributed by atoms with Crippen molar-refractivity contribution in [2.75, 3.05) is 10.2 Å². The van der Waals surface area contributed by atoms with Crippen LogP contribution in [0.15, 0.2) is 36.4 Å². The minimum absolute atomic E-state index is 0.217. The molecule has 0 atom stereocenters. The summed E-state index contributed by atoms with van der Waals surface area (Å²) in [4.78, 5) is 29.6. The Bertz CT molecular complexity index is 749. The van der Waals surface area contributed by atoms with Crippen LogP contribution in [0.4, 0.5) is 17.2 Å². The first-order valence-electron chi connectivity index (χ1n) is 6.10. The Morgan fingerprint density at radius 2 is 1.86 bits per heavy atom. The summed E-state index contributed by atoms with van der Waals surface area (Å²) in [5, 5.41) is 3.23. The maximum Gasteiger partial charge on any atom is 0.242 e. The van der Waals surface area contributed by atoms with Crippen LogP contribution in [0.3, 0.4) is 0 Å². The van der Waals surface area contributed by atoms with Crippen LogP contribution in [0.1, 0.15) is 6.42 Å². The van der Waals surface area contributed by atoms with E-state index in [2.05, 4.69) is 10.3 Å². The molecule has 0 radical (unpaired) electrons. The van der Waals surface area contributed by atoms with E-state index in [1.54, 1.807) is 36.4 Å². The molecule has 1 N–H and O–H groups in total. The number of rotatable bonds is 1. The van der Waals surface area contributed by atoms with E-state index in [1.165, 1.54) is 4.90 Å². The highest BCUT2D eigenvalue weighted by Gasteiger charge is 2.30. The van der Waals surface area contributed by atoms with Crippen LogP contribution in [0, 0.1) is 0 Å². The van der Waals surface area contributed by atoms with Crippen molar-refractivity contribution in [2.24, 2.45) is 0 Å². The lowest BCUT2D eigenvalue weighted by molar-refractivity contribution is -0.124. The number of amides is 2. The third-order valence-corrected chi connectivity index (χ3v) is 3.51. The topological polar surface area (TPSA) is 62.3 Å². The molecule has 3 rings (SSSR count). The third kappa shape index (κ3) is 2.57. The predicted octanol–water partition coefficient (Wildman–Crippen LogP) is 3.40. The number of hydrogen-bond donors (Lipinski definition) is 1. The first-order valence-corrected chi connectivity index (χ1v) is 6.86. The molecule has 0 unspecified atom stereocenters. The third-order valence-electron chi connectivity index (χ3n) is 2.98. The Hall–Kier alpha value is -2.11. The first kappa shape index (κ1) is 13.9. The molecule has 1 aromatic heterocycles. The Balaban J connectivity index is 2.23. The fourth-order valence-corrected chi connectivity index (χ4v) is 2.47. The van der Waals surface area contributed by atoms with E-state index < -0.39 is 11.8 Å². The number of fused-ring (bicyclic) bond motifs is 1. The molecule has 2 aromatic rings. The Kier molecular flexibility index (Phi) is 3.53. The van der Waals surface area contributed by atoms with Crippen LogP contribution in [0.25, 0.3) is 0 Å². The Morgan fingerprint density at radius 3 is 2.62 bits per heavy atom. The number of benzene rings is 1. The van der Waals surface area contributed by atoms with Crippen LogP contribution < -0.4 is 10.2 Å². The molecule has 7 heteroatoms. The molecule has 2 heterocycles. The fourth-order valence-electron chi connectivity index (χ4n) is 2.10. The standard InChI is InChI=1S/C14H9Cl2N3O2/c15-8-3-1-2-4-10(8)19-13(21)7-12(20)17-9-5-6-11(16)18-14(9)19/h1-6H,7H2,(H,17,20). The molecular formula is C14H9Cl2N3O2. The number of nitrogens with zero attached hydrogens (tertiary/aromatic N) is 2. The van der Waals surface area contributed by atoms with Gasteiger partial charge in [0.05, 0.1) is 16.4 Å². The molecule has 1 aliphatic heterocycles. The predicted molar refractivity (Wildman–Crippen MR) is 81.1 cm³/mol. The number of anilines is 3. The molecule has 0 saturated heterocycles. The molecule has 0 spiro atoms. The number of halogens is 2. The zero-order chi connectivity index (χ0) is 15.0. The van der Waals surface area contributed by atoms with Crippen molar-refractivity contribution in [1.29, 1.82) is 0 Å². The van der Waals surface area contributed by atoms with Crippen LogP contribution in [-0.2, 0) is 9.59 Å². The molecule has 0 saturated carbocycles. The summed E-state index contributed by atoms with van der Waals surface area (Å²) < 4.78 is 0. The molecule has 0 fully saturated rings. The number of pyridine rings is 1. The Morgan fingerprint density at radius 1 is 1.10 bits per heavy atom. The summed E-state index contributed by atoms with van der Waals surface area (Å²) in [7, 11) is 0. The maximum atomic E-state index is 12.4. The maximum absolute atomic E-state index is 12.4. The van der Waals surface area contributed by atoms with Gasteiger partial charge in [-0.25, -0.2) is 4.98 Å². The van der Waals surface area contributed by atoms with Gasteiger partial charge in [0, 0.05) is 0 Å². The average molecular weight is 322 g/mol. The van der Waals surface area contributed by atoms with Crippen molar-refractivity contribution in [2.45, 2.75) is 6.42 Å². The van der Waals surface area contributed by atoms with Gasteiger partial charge < -0.3 is 5.32 Å². The zero-order valence-electron chi connectivity index (χ0n) is 10.6. The molecule has 1 aliphatic rings. The molecule has 5 nitrogen and oxygen atoms in total. The van der Waals surface area contributed by atoms with E-state index in [0.29, 0.717) is 16.4 Å². The monoisotopic (exact) mass is 321 g/mol. The number of nitrogens with one attached hydrogen (secondary N) is 1. The van der Waals surface area contributed by atoms with E-state index in [9.17, 15) is 9.59 Å². The zero-order valence-corrected chi connectivity index (χ0v) is 12.1. The van der Waals surface area contributed by atoms with Gasteiger partial charge in [0.1, 0.15) is 11.6 Å². The average Bonchev–Trinajstić information content (AvgIpc) is 2.55. The highest BCUT2D eigenvalue weighted by atomic mass is 35.5. The minimum atomic E-state index is -0.422. The largest absolute Gasteiger partial charge is 0.322 e. The van der Waals surface area contributed by atoms with Crippen molar-refractivity contribution in [1.82, 2.24) is 4.98 Å². The SMILES string of the molecule is O=C1CC(=O)N(c2ccccc2Cl)c2nc(Cl)ccc2N1. The van der Waals surface area contributed by atoms with Crippen molar-refractivity contribution < 1.29 is 9.59 Å². The molecule has 2 amide bonds. The first-order chi connectivity index (χ1) is 10.1. The normalized spacial score (nSPS) is 14.5. The van der Waals surface area contributed by atoms with E-state index in [1.807, 2.05) is 0 Å². The summed E-state index contributed by atoms with van der Waals surface area (Å²) in [6.45, 7) is 0. The number of hydrogen-bond acceptors (Lipinski definition) is 3. The van der Waals surface area contributed by atoms with Crippen molar-refractivity contribution >= 4 is 52.2 Å². The van der Waals surface area contributed by atoms with Gasteiger partial charge >= 0.3 is 0 Å². The molecular weight excluding hydrogens is 313 g/mol. The van der Waals surface area contributed by atoms with Crippen LogP contribution in [0.5, 0.6) is 0 Å². The second-order valence-electron chi connectivity index (χ2n) is 4.41. The summed E-state index contributed by atoms with van der Waals surface area (Å²) in [6.07, 6.45) is -0.292. The summed E-state index contributed by atoms with van der Waals surface area (Å²) in [5.74, 6) is -0.569. The van der Waals surface area contributed by atoms with Gasteiger partial charge in [-0.1, -0.05) is 35.3 Å². The highest BCUT2D eigenvalue weighted by Crippen LogP contribution is 2.37. The van der Waals surface area contributed by atoms with Crippen LogP contribution >= 0.6 is 23.2 Å². The van der Waals surface area contributed by atoms with Crippen molar-refractivity contribution in [3.63, 3.8) is 0 Å². The van der Waals surface area contributed by atoms with Crippen molar-refractivity contribution in [3.8, 4) is 0 Å². The van der Waals surface area contributed by atoms with Crippen molar-refractivity contribution in [3.05, 3.63) is 46.6 Å². The van der Waals surface area contributed by atoms with Gasteiger partial charge in [-0.05, 0) is 24.3 Å². The van der Waals surface area contributed by atoms with Gasteiger partial charge in [0.15, 0.2) is 5.82 Å². The second-order valence-corrected chi connectivity index (χ2v) is 5.21.